The van der Waals surface area contributed by atoms with Crippen LogP contribution in [0.2, 0.25) is 0 Å². The Labute approximate surface area is 108 Å². The van der Waals surface area contributed by atoms with Crippen LogP contribution in [0.15, 0.2) is 18.2 Å². The third kappa shape index (κ3) is 2.93. The molecule has 96 valence electrons. The lowest BCUT2D eigenvalue weighted by atomic mass is 9.93. The zero-order chi connectivity index (χ0) is 13.2. The molecule has 1 aliphatic rings. The molecule has 0 aliphatic carbocycles. The predicted octanol–water partition coefficient (Wildman–Crippen LogP) is 2.51. The molecular formula is C14H19N3O. The first-order valence-corrected chi connectivity index (χ1v) is 6.20. The number of nitrogens with zero attached hydrogens (tertiary/aromatic N) is 1. The molecule has 18 heavy (non-hydrogen) atoms. The molecule has 1 heterocycles. The van der Waals surface area contributed by atoms with E-state index in [1.807, 2.05) is 0 Å². The molecule has 4 nitrogen and oxygen atoms in total. The summed E-state index contributed by atoms with van der Waals surface area (Å²) >= 11 is 0. The minimum Gasteiger partial charge on any atom is -0.397 e. The fourth-order valence-electron chi connectivity index (χ4n) is 2.33. The van der Waals surface area contributed by atoms with E-state index in [0.717, 1.165) is 25.1 Å². The number of nitriles is 1. The summed E-state index contributed by atoms with van der Waals surface area (Å²) in [5, 5.41) is 12.3. The summed E-state index contributed by atoms with van der Waals surface area (Å²) in [6, 6.07) is 7.77. The van der Waals surface area contributed by atoms with Crippen molar-refractivity contribution in [1.82, 2.24) is 0 Å². The molecule has 0 saturated carbocycles. The van der Waals surface area contributed by atoms with Crippen molar-refractivity contribution in [3.8, 4) is 6.07 Å². The highest BCUT2D eigenvalue weighted by molar-refractivity contribution is 5.68. The van der Waals surface area contributed by atoms with Crippen LogP contribution in [0.4, 0.5) is 11.4 Å². The minimum absolute atomic E-state index is 0.0997. The van der Waals surface area contributed by atoms with Gasteiger partial charge in [0.1, 0.15) is 0 Å². The van der Waals surface area contributed by atoms with Gasteiger partial charge in [-0.25, -0.2) is 0 Å². The van der Waals surface area contributed by atoms with Crippen LogP contribution in [0, 0.1) is 11.3 Å². The molecule has 1 fully saturated rings. The molecule has 0 bridgehead atoms. The van der Waals surface area contributed by atoms with E-state index in [4.69, 9.17) is 15.7 Å². The highest BCUT2D eigenvalue weighted by Gasteiger charge is 2.28. The molecule has 1 unspecified atom stereocenters. The Hall–Kier alpha value is -1.73. The van der Waals surface area contributed by atoms with Crippen LogP contribution in [-0.4, -0.2) is 18.2 Å². The molecule has 0 radical (unpaired) electrons. The van der Waals surface area contributed by atoms with Gasteiger partial charge in [0.25, 0.3) is 0 Å². The van der Waals surface area contributed by atoms with Gasteiger partial charge in [0.05, 0.1) is 28.6 Å². The van der Waals surface area contributed by atoms with Crippen LogP contribution >= 0.6 is 0 Å². The van der Waals surface area contributed by atoms with Gasteiger partial charge in [-0.2, -0.15) is 5.26 Å². The second-order valence-corrected chi connectivity index (χ2v) is 5.36. The molecule has 1 atom stereocenters. The average Bonchev–Trinajstić information content (AvgIpc) is 2.31. The molecule has 1 aliphatic heterocycles. The monoisotopic (exact) mass is 245 g/mol. The SMILES string of the molecule is CC1(C)CC(Nc2cc(C#N)ccc2N)CCO1. The minimum atomic E-state index is -0.0997. The third-order valence-electron chi connectivity index (χ3n) is 3.24. The number of nitrogen functional groups attached to an aromatic ring is 1. The molecule has 1 saturated heterocycles. The Bertz CT molecular complexity index is 476. The zero-order valence-electron chi connectivity index (χ0n) is 10.9. The standard InChI is InChI=1S/C14H19N3O/c1-14(2)8-11(5-6-18-14)17-13-7-10(9-15)3-4-12(13)16/h3-4,7,11,17H,5-6,8,16H2,1-2H3. The maximum Gasteiger partial charge on any atom is 0.0992 e. The van der Waals surface area contributed by atoms with Crippen molar-refractivity contribution in [1.29, 1.82) is 5.26 Å². The average molecular weight is 245 g/mol. The van der Waals surface area contributed by atoms with Gasteiger partial charge in [-0.15, -0.1) is 0 Å². The fraction of sp³-hybridized carbons (Fsp3) is 0.500. The van der Waals surface area contributed by atoms with E-state index < -0.39 is 0 Å². The highest BCUT2D eigenvalue weighted by atomic mass is 16.5. The lowest BCUT2D eigenvalue weighted by Gasteiger charge is -2.36. The smallest absolute Gasteiger partial charge is 0.0992 e. The molecule has 2 rings (SSSR count). The summed E-state index contributed by atoms with van der Waals surface area (Å²) in [6.45, 7) is 4.94. The lowest BCUT2D eigenvalue weighted by molar-refractivity contribution is -0.0553. The van der Waals surface area contributed by atoms with Gasteiger partial charge in [0.2, 0.25) is 0 Å². The van der Waals surface area contributed by atoms with Crippen molar-refractivity contribution in [2.45, 2.75) is 38.3 Å². The second-order valence-electron chi connectivity index (χ2n) is 5.36. The van der Waals surface area contributed by atoms with Crippen molar-refractivity contribution in [3.05, 3.63) is 23.8 Å². The van der Waals surface area contributed by atoms with E-state index in [-0.39, 0.29) is 5.60 Å². The summed E-state index contributed by atoms with van der Waals surface area (Å²) < 4.78 is 5.68. The van der Waals surface area contributed by atoms with Crippen molar-refractivity contribution in [2.75, 3.05) is 17.7 Å². The van der Waals surface area contributed by atoms with Gasteiger partial charge in [-0.3, -0.25) is 0 Å². The Balaban J connectivity index is 2.12. The van der Waals surface area contributed by atoms with Crippen molar-refractivity contribution < 1.29 is 4.74 Å². The predicted molar refractivity (Wildman–Crippen MR) is 72.2 cm³/mol. The number of hydrogen-bond acceptors (Lipinski definition) is 4. The van der Waals surface area contributed by atoms with E-state index in [1.54, 1.807) is 18.2 Å². The first-order valence-electron chi connectivity index (χ1n) is 6.20. The summed E-state index contributed by atoms with van der Waals surface area (Å²) in [6.07, 6.45) is 1.89. The normalized spacial score (nSPS) is 22.2. The van der Waals surface area contributed by atoms with Crippen LogP contribution in [0.1, 0.15) is 32.3 Å². The lowest BCUT2D eigenvalue weighted by Crippen LogP contribution is -2.40. The molecular weight excluding hydrogens is 226 g/mol. The second kappa shape index (κ2) is 4.87. The number of hydrogen-bond donors (Lipinski definition) is 2. The zero-order valence-corrected chi connectivity index (χ0v) is 10.9. The van der Waals surface area contributed by atoms with Crippen molar-refractivity contribution >= 4 is 11.4 Å². The van der Waals surface area contributed by atoms with Crippen LogP contribution in [0.25, 0.3) is 0 Å². The first-order chi connectivity index (χ1) is 8.50. The molecule has 4 heteroatoms. The van der Waals surface area contributed by atoms with Crippen LogP contribution in [0.5, 0.6) is 0 Å². The molecule has 1 aromatic carbocycles. The largest absolute Gasteiger partial charge is 0.397 e. The molecule has 0 spiro atoms. The Morgan fingerprint density at radius 1 is 1.50 bits per heavy atom. The highest BCUT2D eigenvalue weighted by Crippen LogP contribution is 2.28. The van der Waals surface area contributed by atoms with E-state index >= 15 is 0 Å². The van der Waals surface area contributed by atoms with Crippen molar-refractivity contribution in [2.24, 2.45) is 0 Å². The summed E-state index contributed by atoms with van der Waals surface area (Å²) in [5.74, 6) is 0. The topological polar surface area (TPSA) is 71.1 Å². The van der Waals surface area contributed by atoms with Gasteiger partial charge in [0, 0.05) is 12.6 Å². The summed E-state index contributed by atoms with van der Waals surface area (Å²) in [4.78, 5) is 0. The molecule has 3 N–H and O–H groups in total. The van der Waals surface area contributed by atoms with Gasteiger partial charge in [-0.1, -0.05) is 0 Å². The number of nitrogens with one attached hydrogen (secondary N) is 1. The fourth-order valence-corrected chi connectivity index (χ4v) is 2.33. The quantitative estimate of drug-likeness (QED) is 0.785. The third-order valence-corrected chi connectivity index (χ3v) is 3.24. The first kappa shape index (κ1) is 12.7. The molecule has 0 aromatic heterocycles. The maximum atomic E-state index is 8.90. The Morgan fingerprint density at radius 2 is 2.28 bits per heavy atom. The summed E-state index contributed by atoms with van der Waals surface area (Å²) in [5.41, 5.74) is 7.97. The summed E-state index contributed by atoms with van der Waals surface area (Å²) in [7, 11) is 0. The Morgan fingerprint density at radius 3 is 2.94 bits per heavy atom. The molecule has 1 aromatic rings. The van der Waals surface area contributed by atoms with E-state index in [2.05, 4.69) is 25.2 Å². The van der Waals surface area contributed by atoms with E-state index in [1.165, 1.54) is 0 Å². The maximum absolute atomic E-state index is 8.90. The van der Waals surface area contributed by atoms with Crippen LogP contribution < -0.4 is 11.1 Å². The number of ether oxygens (including phenoxy) is 1. The van der Waals surface area contributed by atoms with Crippen molar-refractivity contribution in [3.63, 3.8) is 0 Å². The number of benzene rings is 1. The number of anilines is 2. The molecule has 0 amide bonds. The Kier molecular flexibility index (Phi) is 3.44. The van der Waals surface area contributed by atoms with Crippen LogP contribution in [-0.2, 0) is 4.74 Å². The van der Waals surface area contributed by atoms with Gasteiger partial charge in [0.15, 0.2) is 0 Å². The van der Waals surface area contributed by atoms with Gasteiger partial charge >= 0.3 is 0 Å². The number of nitrogens with two attached hydrogens (primary N) is 1. The number of rotatable bonds is 2. The van der Waals surface area contributed by atoms with Crippen LogP contribution in [0.3, 0.4) is 0 Å². The van der Waals surface area contributed by atoms with Gasteiger partial charge < -0.3 is 15.8 Å². The van der Waals surface area contributed by atoms with E-state index in [9.17, 15) is 0 Å². The van der Waals surface area contributed by atoms with Gasteiger partial charge in [-0.05, 0) is 44.9 Å². The van der Waals surface area contributed by atoms with E-state index in [0.29, 0.717) is 17.3 Å².